The molecule has 2 amide bonds. The fraction of sp³-hybridized carbons (Fsp3) is 0.778. The lowest BCUT2D eigenvalue weighted by atomic mass is 9.81. The van der Waals surface area contributed by atoms with E-state index in [1.165, 1.54) is 0 Å². The van der Waals surface area contributed by atoms with Crippen LogP contribution in [0.15, 0.2) is 0 Å². The van der Waals surface area contributed by atoms with E-state index in [-0.39, 0.29) is 35.9 Å². The zero-order valence-electron chi connectivity index (χ0n) is 8.44. The van der Waals surface area contributed by atoms with Crippen LogP contribution in [-0.4, -0.2) is 31.5 Å². The summed E-state index contributed by atoms with van der Waals surface area (Å²) in [5, 5.41) is 0. The second-order valence-electron chi connectivity index (χ2n) is 4.35. The Morgan fingerprint density at radius 2 is 1.59 bits per heavy atom. The molecule has 0 saturated carbocycles. The second kappa shape index (κ2) is 3.90. The molecule has 0 N–H and O–H groups in total. The Labute approximate surface area is 117 Å². The fourth-order valence-electron chi connectivity index (χ4n) is 2.88. The van der Waals surface area contributed by atoms with Gasteiger partial charge in [0.25, 0.3) is 3.12 Å². The van der Waals surface area contributed by atoms with Crippen molar-refractivity contribution in [3.63, 3.8) is 0 Å². The highest BCUT2D eigenvalue weighted by molar-refractivity contribution is 8.03. The maximum Gasteiger partial charge on any atom is 0.256 e. The zero-order chi connectivity index (χ0) is 12.4. The molecular weight excluding hydrogens is 309 g/mol. The van der Waals surface area contributed by atoms with E-state index in [0.717, 1.165) is 17.1 Å². The van der Waals surface area contributed by atoms with Gasteiger partial charge in [-0.25, -0.2) is 4.31 Å². The molecule has 0 aromatic carbocycles. The molecule has 3 heterocycles. The molecule has 8 heteroatoms. The van der Waals surface area contributed by atoms with Crippen molar-refractivity contribution in [2.24, 2.45) is 11.8 Å². The largest absolute Gasteiger partial charge is 0.373 e. The number of hydrogen-bond donors (Lipinski definition) is 0. The van der Waals surface area contributed by atoms with Gasteiger partial charge in [-0.1, -0.05) is 34.8 Å². The zero-order valence-corrected chi connectivity index (χ0v) is 11.5. The van der Waals surface area contributed by atoms with E-state index in [0.29, 0.717) is 11.9 Å². The Balaban J connectivity index is 1.86. The van der Waals surface area contributed by atoms with Gasteiger partial charge in [-0.15, -0.1) is 0 Å². The molecule has 0 aliphatic carbocycles. The molecule has 17 heavy (non-hydrogen) atoms. The highest BCUT2D eigenvalue weighted by Crippen LogP contribution is 2.52. The van der Waals surface area contributed by atoms with Gasteiger partial charge in [0, 0.05) is 11.9 Å². The summed E-state index contributed by atoms with van der Waals surface area (Å²) in [5.41, 5.74) is 0. The molecular formula is C9H8Cl3NO3S. The summed E-state index contributed by atoms with van der Waals surface area (Å²) >= 11 is 17.5. The Morgan fingerprint density at radius 3 is 2.00 bits per heavy atom. The SMILES string of the molecule is O=C1C2C3CCC(O3)C2C(=O)N1SC(Cl)(Cl)Cl. The van der Waals surface area contributed by atoms with Crippen LogP contribution in [0.1, 0.15) is 12.8 Å². The average Bonchev–Trinajstić information content (AvgIpc) is 2.86. The topological polar surface area (TPSA) is 46.6 Å². The fourth-order valence-corrected chi connectivity index (χ4v) is 4.13. The van der Waals surface area contributed by atoms with Gasteiger partial charge in [0.2, 0.25) is 11.8 Å². The summed E-state index contributed by atoms with van der Waals surface area (Å²) in [4.78, 5) is 24.2. The minimum Gasteiger partial charge on any atom is -0.373 e. The van der Waals surface area contributed by atoms with Crippen LogP contribution in [0.4, 0.5) is 0 Å². The highest BCUT2D eigenvalue weighted by atomic mass is 35.6. The van der Waals surface area contributed by atoms with Crippen molar-refractivity contribution < 1.29 is 14.3 Å². The molecule has 2 bridgehead atoms. The second-order valence-corrected chi connectivity index (χ2v) is 8.46. The lowest BCUT2D eigenvalue weighted by Crippen LogP contribution is -2.30. The molecule has 3 aliphatic heterocycles. The number of rotatable bonds is 1. The van der Waals surface area contributed by atoms with Gasteiger partial charge < -0.3 is 4.74 Å². The molecule has 3 aliphatic rings. The summed E-state index contributed by atoms with van der Waals surface area (Å²) in [6, 6.07) is 0. The number of alkyl halides is 3. The molecule has 3 fully saturated rings. The molecule has 4 nitrogen and oxygen atoms in total. The van der Waals surface area contributed by atoms with Gasteiger partial charge in [0.1, 0.15) is 0 Å². The number of fused-ring (bicyclic) bond motifs is 5. The third-order valence-electron chi connectivity index (χ3n) is 3.44. The summed E-state index contributed by atoms with van der Waals surface area (Å²) in [6.07, 6.45) is 1.39. The van der Waals surface area contributed by atoms with Crippen molar-refractivity contribution in [1.82, 2.24) is 4.31 Å². The first-order chi connectivity index (χ1) is 7.88. The Hall–Kier alpha value is 0.320. The molecule has 0 radical (unpaired) electrons. The van der Waals surface area contributed by atoms with E-state index >= 15 is 0 Å². The molecule has 94 valence electrons. The molecule has 0 spiro atoms. The first kappa shape index (κ1) is 12.4. The minimum atomic E-state index is -1.70. The number of carbonyl (C=O) groups is 2. The predicted molar refractivity (Wildman–Crippen MR) is 64.6 cm³/mol. The van der Waals surface area contributed by atoms with Gasteiger partial charge in [0.15, 0.2) is 0 Å². The molecule has 0 aromatic rings. The lowest BCUT2D eigenvalue weighted by molar-refractivity contribution is -0.135. The van der Waals surface area contributed by atoms with Gasteiger partial charge >= 0.3 is 0 Å². The minimum absolute atomic E-state index is 0.137. The van der Waals surface area contributed by atoms with Crippen molar-refractivity contribution in [2.45, 2.75) is 28.2 Å². The molecule has 0 aromatic heterocycles. The Kier molecular flexibility index (Phi) is 2.84. The van der Waals surface area contributed by atoms with Crippen LogP contribution in [-0.2, 0) is 14.3 Å². The smallest absolute Gasteiger partial charge is 0.256 e. The van der Waals surface area contributed by atoms with Gasteiger partial charge in [-0.3, -0.25) is 9.59 Å². The standard InChI is InChI=1S/C9H8Cl3NO3S/c10-9(11,12)17-13-7(14)5-3-1-2-4(16-3)6(5)8(13)15/h3-6H,1-2H2. The van der Waals surface area contributed by atoms with Crippen molar-refractivity contribution in [3.05, 3.63) is 0 Å². The van der Waals surface area contributed by atoms with Crippen LogP contribution >= 0.6 is 46.8 Å². The summed E-state index contributed by atoms with van der Waals surface area (Å²) in [5.74, 6) is -1.32. The lowest BCUT2D eigenvalue weighted by Gasteiger charge is -2.19. The summed E-state index contributed by atoms with van der Waals surface area (Å²) < 4.78 is 4.87. The number of carbonyl (C=O) groups excluding carboxylic acids is 2. The van der Waals surface area contributed by atoms with Crippen LogP contribution in [0.3, 0.4) is 0 Å². The van der Waals surface area contributed by atoms with Crippen LogP contribution in [0.25, 0.3) is 0 Å². The number of nitrogens with zero attached hydrogens (tertiary/aromatic N) is 1. The van der Waals surface area contributed by atoms with E-state index in [2.05, 4.69) is 0 Å². The number of amides is 2. The van der Waals surface area contributed by atoms with Crippen LogP contribution < -0.4 is 0 Å². The van der Waals surface area contributed by atoms with Gasteiger partial charge in [-0.05, 0) is 12.8 Å². The van der Waals surface area contributed by atoms with E-state index in [1.807, 2.05) is 0 Å². The van der Waals surface area contributed by atoms with E-state index < -0.39 is 3.12 Å². The monoisotopic (exact) mass is 315 g/mol. The summed E-state index contributed by atoms with van der Waals surface area (Å²) in [7, 11) is 0. The quantitative estimate of drug-likeness (QED) is 0.422. The summed E-state index contributed by atoms with van der Waals surface area (Å²) in [6.45, 7) is 0. The number of hydrogen-bond acceptors (Lipinski definition) is 4. The highest BCUT2D eigenvalue weighted by Gasteiger charge is 2.63. The molecule has 4 atom stereocenters. The van der Waals surface area contributed by atoms with E-state index in [9.17, 15) is 9.59 Å². The Bertz CT molecular complexity index is 371. The van der Waals surface area contributed by atoms with Crippen molar-refractivity contribution in [2.75, 3.05) is 0 Å². The average molecular weight is 317 g/mol. The van der Waals surface area contributed by atoms with Crippen LogP contribution in [0, 0.1) is 11.8 Å². The predicted octanol–water partition coefficient (Wildman–Crippen LogP) is 2.12. The number of ether oxygens (including phenoxy) is 1. The van der Waals surface area contributed by atoms with Crippen molar-refractivity contribution in [1.29, 1.82) is 0 Å². The van der Waals surface area contributed by atoms with Crippen LogP contribution in [0.5, 0.6) is 0 Å². The van der Waals surface area contributed by atoms with Crippen LogP contribution in [0.2, 0.25) is 0 Å². The van der Waals surface area contributed by atoms with Gasteiger partial charge in [0.05, 0.1) is 24.0 Å². The normalized spacial score (nSPS) is 40.3. The van der Waals surface area contributed by atoms with Gasteiger partial charge in [-0.2, -0.15) is 0 Å². The Morgan fingerprint density at radius 1 is 1.12 bits per heavy atom. The molecule has 3 rings (SSSR count). The molecule has 4 unspecified atom stereocenters. The third-order valence-corrected chi connectivity index (χ3v) is 4.81. The van der Waals surface area contributed by atoms with Crippen molar-refractivity contribution >= 4 is 58.6 Å². The first-order valence-electron chi connectivity index (χ1n) is 5.17. The van der Waals surface area contributed by atoms with Crippen molar-refractivity contribution in [3.8, 4) is 0 Å². The third kappa shape index (κ3) is 1.87. The maximum absolute atomic E-state index is 12.1. The van der Waals surface area contributed by atoms with E-state index in [1.54, 1.807) is 0 Å². The molecule has 3 saturated heterocycles. The van der Waals surface area contributed by atoms with E-state index in [4.69, 9.17) is 39.5 Å². The number of halogens is 3. The maximum atomic E-state index is 12.1. The number of imide groups is 1. The first-order valence-corrected chi connectivity index (χ1v) is 7.08.